The summed E-state index contributed by atoms with van der Waals surface area (Å²) in [5.74, 6) is -0.488. The Morgan fingerprint density at radius 2 is 1.88 bits per heavy atom. The number of hydrogen-bond acceptors (Lipinski definition) is 1. The molecule has 1 N–H and O–H groups in total. The fourth-order valence-electron chi connectivity index (χ4n) is 4.31. The van der Waals surface area contributed by atoms with E-state index < -0.39 is 5.82 Å². The largest absolute Gasteiger partial charge is 0.323 e. The van der Waals surface area contributed by atoms with E-state index in [1.165, 1.54) is 6.07 Å². The second kappa shape index (κ2) is 8.28. The highest BCUT2D eigenvalue weighted by atomic mass is 79.9. The molecule has 6 heteroatoms. The van der Waals surface area contributed by atoms with Crippen molar-refractivity contribution in [3.8, 4) is 5.69 Å². The molecule has 5 rings (SSSR count). The molecule has 160 valence electrons. The monoisotopic (exact) mass is 489 g/mol. The van der Waals surface area contributed by atoms with Crippen molar-refractivity contribution < 1.29 is 9.18 Å². The number of aryl methyl sites for hydroxylation is 1. The van der Waals surface area contributed by atoms with Gasteiger partial charge in [0.15, 0.2) is 0 Å². The molecule has 1 aliphatic rings. The maximum atomic E-state index is 14.5. The number of urea groups is 1. The Morgan fingerprint density at radius 1 is 1.03 bits per heavy atom. The minimum Gasteiger partial charge on any atom is -0.318 e. The van der Waals surface area contributed by atoms with E-state index in [2.05, 4.69) is 37.9 Å². The Balaban J connectivity index is 1.64. The predicted octanol–water partition coefficient (Wildman–Crippen LogP) is 6.82. The molecule has 2 amide bonds. The van der Waals surface area contributed by atoms with Crippen LogP contribution in [0, 0.1) is 12.7 Å². The number of halogens is 2. The number of benzene rings is 3. The lowest BCUT2D eigenvalue weighted by Gasteiger charge is -2.31. The minimum absolute atomic E-state index is 0.147. The van der Waals surface area contributed by atoms with Crippen LogP contribution in [0.2, 0.25) is 0 Å². The van der Waals surface area contributed by atoms with Crippen LogP contribution in [0.5, 0.6) is 0 Å². The van der Waals surface area contributed by atoms with Gasteiger partial charge in [0.05, 0.1) is 24.0 Å². The summed E-state index contributed by atoms with van der Waals surface area (Å²) >= 11 is 3.26. The lowest BCUT2D eigenvalue weighted by Crippen LogP contribution is -2.38. The Labute approximate surface area is 194 Å². The molecule has 0 bridgehead atoms. The van der Waals surface area contributed by atoms with Gasteiger partial charge in [-0.25, -0.2) is 9.18 Å². The van der Waals surface area contributed by atoms with Gasteiger partial charge in [0.1, 0.15) is 5.82 Å². The topological polar surface area (TPSA) is 37.3 Å². The number of nitrogens with one attached hydrogen (secondary N) is 1. The number of carbonyl (C=O) groups is 1. The second-order valence-electron chi connectivity index (χ2n) is 7.93. The van der Waals surface area contributed by atoms with Crippen LogP contribution in [-0.2, 0) is 6.54 Å². The second-order valence-corrected chi connectivity index (χ2v) is 8.85. The normalized spacial score (nSPS) is 15.0. The van der Waals surface area contributed by atoms with E-state index in [0.29, 0.717) is 11.0 Å². The number of fused-ring (bicyclic) bond motifs is 3. The molecule has 3 aromatic carbocycles. The first-order valence-electron chi connectivity index (χ1n) is 10.4. The van der Waals surface area contributed by atoms with Crippen LogP contribution in [0.3, 0.4) is 0 Å². The summed E-state index contributed by atoms with van der Waals surface area (Å²) in [5, 5.41) is 2.78. The van der Waals surface area contributed by atoms with Gasteiger partial charge in [-0.3, -0.25) is 0 Å². The highest BCUT2D eigenvalue weighted by molar-refractivity contribution is 9.10. The molecule has 1 aromatic heterocycles. The summed E-state index contributed by atoms with van der Waals surface area (Å²) in [4.78, 5) is 15.4. The molecule has 0 radical (unpaired) electrons. The molecule has 4 aromatic rings. The summed E-state index contributed by atoms with van der Waals surface area (Å²) in [6.07, 6.45) is 2.02. The van der Waals surface area contributed by atoms with Crippen LogP contribution in [0.1, 0.15) is 28.4 Å². The molecular formula is C26H21BrFN3O. The van der Waals surface area contributed by atoms with Gasteiger partial charge < -0.3 is 14.8 Å². The van der Waals surface area contributed by atoms with Crippen molar-refractivity contribution in [2.24, 2.45) is 0 Å². The van der Waals surface area contributed by atoms with Crippen LogP contribution >= 0.6 is 15.9 Å². The molecule has 0 unspecified atom stereocenters. The van der Waals surface area contributed by atoms with E-state index in [1.807, 2.05) is 61.7 Å². The first-order valence-corrected chi connectivity index (χ1v) is 11.2. The average molecular weight is 490 g/mol. The SMILES string of the molecule is Cc1cccc([C@@H]2c3cccn3-c3ccccc3CN2C(=O)Nc2ccc(Br)cc2F)c1. The van der Waals surface area contributed by atoms with Gasteiger partial charge in [0.25, 0.3) is 0 Å². The van der Waals surface area contributed by atoms with Gasteiger partial charge in [-0.05, 0) is 54.4 Å². The molecular weight excluding hydrogens is 469 g/mol. The number of nitrogens with zero attached hydrogens (tertiary/aromatic N) is 2. The Bertz CT molecular complexity index is 1320. The van der Waals surface area contributed by atoms with E-state index in [9.17, 15) is 9.18 Å². The third-order valence-corrected chi connectivity index (χ3v) is 6.25. The zero-order valence-corrected chi connectivity index (χ0v) is 19.0. The first-order chi connectivity index (χ1) is 15.5. The van der Waals surface area contributed by atoms with Crippen LogP contribution < -0.4 is 5.32 Å². The molecule has 0 spiro atoms. The van der Waals surface area contributed by atoms with E-state index >= 15 is 0 Å². The molecule has 32 heavy (non-hydrogen) atoms. The summed E-state index contributed by atoms with van der Waals surface area (Å²) in [6.45, 7) is 2.43. The number of anilines is 1. The third kappa shape index (κ3) is 3.71. The first kappa shape index (κ1) is 20.5. The molecule has 4 nitrogen and oxygen atoms in total. The molecule has 1 aliphatic heterocycles. The lowest BCUT2D eigenvalue weighted by molar-refractivity contribution is 0.194. The van der Waals surface area contributed by atoms with Crippen molar-refractivity contribution in [1.82, 2.24) is 9.47 Å². The number of para-hydroxylation sites is 1. The fourth-order valence-corrected chi connectivity index (χ4v) is 4.64. The quantitative estimate of drug-likeness (QED) is 0.329. The maximum absolute atomic E-state index is 14.5. The number of rotatable bonds is 2. The summed E-state index contributed by atoms with van der Waals surface area (Å²) in [6, 6.07) is 24.2. The van der Waals surface area contributed by atoms with Gasteiger partial charge in [0.2, 0.25) is 0 Å². The van der Waals surface area contributed by atoms with Crippen molar-refractivity contribution in [1.29, 1.82) is 0 Å². The van der Waals surface area contributed by atoms with Crippen LogP contribution in [0.4, 0.5) is 14.9 Å². The van der Waals surface area contributed by atoms with Gasteiger partial charge in [-0.15, -0.1) is 0 Å². The maximum Gasteiger partial charge on any atom is 0.323 e. The van der Waals surface area contributed by atoms with E-state index in [-0.39, 0.29) is 17.8 Å². The number of hydrogen-bond donors (Lipinski definition) is 1. The molecule has 0 fully saturated rings. The fraction of sp³-hybridized carbons (Fsp3) is 0.115. The predicted molar refractivity (Wildman–Crippen MR) is 127 cm³/mol. The Hall–Kier alpha value is -3.38. The lowest BCUT2D eigenvalue weighted by atomic mass is 10.00. The van der Waals surface area contributed by atoms with Crippen molar-refractivity contribution in [2.75, 3.05) is 5.32 Å². The zero-order chi connectivity index (χ0) is 22.2. The van der Waals surface area contributed by atoms with Crippen molar-refractivity contribution in [3.05, 3.63) is 118 Å². The summed E-state index contributed by atoms with van der Waals surface area (Å²) in [5.41, 5.74) is 5.30. The number of aromatic nitrogens is 1. The minimum atomic E-state index is -0.488. The zero-order valence-electron chi connectivity index (χ0n) is 17.4. The van der Waals surface area contributed by atoms with Gasteiger partial charge in [0, 0.05) is 16.4 Å². The third-order valence-electron chi connectivity index (χ3n) is 5.76. The van der Waals surface area contributed by atoms with Gasteiger partial charge in [-0.2, -0.15) is 0 Å². The Morgan fingerprint density at radius 3 is 2.69 bits per heavy atom. The van der Waals surface area contributed by atoms with Crippen molar-refractivity contribution in [3.63, 3.8) is 0 Å². The van der Waals surface area contributed by atoms with Crippen LogP contribution in [0.25, 0.3) is 5.69 Å². The van der Waals surface area contributed by atoms with Crippen LogP contribution in [0.15, 0.2) is 89.5 Å². The van der Waals surface area contributed by atoms with Gasteiger partial charge in [-0.1, -0.05) is 64.0 Å². The molecule has 1 atom stereocenters. The highest BCUT2D eigenvalue weighted by Crippen LogP contribution is 2.37. The number of carbonyl (C=O) groups excluding carboxylic acids is 1. The smallest absolute Gasteiger partial charge is 0.318 e. The Kier molecular flexibility index (Phi) is 5.31. The van der Waals surface area contributed by atoms with Crippen LogP contribution in [-0.4, -0.2) is 15.5 Å². The standard InChI is InChI=1S/C26H21BrFN3O/c1-17-6-4-8-18(14-17)25-24-10-5-13-30(24)23-9-3-2-7-19(23)16-31(25)26(32)29-22-12-11-20(27)15-21(22)28/h2-15,25H,16H2,1H3,(H,29,32)/t25-/m1/s1. The van der Waals surface area contributed by atoms with Crippen molar-refractivity contribution in [2.45, 2.75) is 19.5 Å². The molecule has 2 heterocycles. The highest BCUT2D eigenvalue weighted by Gasteiger charge is 2.33. The molecule has 0 saturated carbocycles. The van der Waals surface area contributed by atoms with E-state index in [0.717, 1.165) is 28.1 Å². The van der Waals surface area contributed by atoms with E-state index in [1.54, 1.807) is 17.0 Å². The van der Waals surface area contributed by atoms with E-state index in [4.69, 9.17) is 0 Å². The summed E-state index contributed by atoms with van der Waals surface area (Å²) in [7, 11) is 0. The average Bonchev–Trinajstić information content (AvgIpc) is 3.20. The van der Waals surface area contributed by atoms with Crippen molar-refractivity contribution >= 4 is 27.6 Å². The van der Waals surface area contributed by atoms with Gasteiger partial charge >= 0.3 is 6.03 Å². The molecule has 0 aliphatic carbocycles. The summed E-state index contributed by atoms with van der Waals surface area (Å²) < 4.78 is 17.2. The number of amides is 2. The molecule has 0 saturated heterocycles.